The Morgan fingerprint density at radius 2 is 1.74 bits per heavy atom. The van der Waals surface area contributed by atoms with Crippen LogP contribution in [0.15, 0.2) is 52.9 Å². The molecule has 0 aliphatic heterocycles. The van der Waals surface area contributed by atoms with Crippen molar-refractivity contribution in [2.75, 3.05) is 5.32 Å². The molecule has 2 aromatic carbocycles. The van der Waals surface area contributed by atoms with E-state index in [4.69, 9.17) is 9.15 Å². The summed E-state index contributed by atoms with van der Waals surface area (Å²) in [4.78, 5) is 0. The van der Waals surface area contributed by atoms with E-state index in [-0.39, 0.29) is 6.61 Å². The molecule has 0 spiro atoms. The molecule has 0 fully saturated rings. The third-order valence-electron chi connectivity index (χ3n) is 3.56. The number of nitrogens with zero attached hydrogens (tertiary/aromatic N) is 2. The Kier molecular flexibility index (Phi) is 4.57. The van der Waals surface area contributed by atoms with Crippen LogP contribution in [-0.2, 0) is 13.2 Å². The molecule has 1 aromatic heterocycles. The Hall–Kier alpha value is -2.82. The molecule has 0 saturated heterocycles. The van der Waals surface area contributed by atoms with Gasteiger partial charge in [0, 0.05) is 5.69 Å². The molecule has 3 rings (SSSR count). The Balaban J connectivity index is 1.53. The molecular weight excluding hydrogens is 290 g/mol. The lowest BCUT2D eigenvalue weighted by Crippen LogP contribution is -2.00. The van der Waals surface area contributed by atoms with Gasteiger partial charge in [0.2, 0.25) is 5.89 Å². The number of aromatic nitrogens is 2. The van der Waals surface area contributed by atoms with E-state index in [2.05, 4.69) is 41.5 Å². The molecule has 0 unspecified atom stereocenters. The first-order valence-electron chi connectivity index (χ1n) is 7.51. The van der Waals surface area contributed by atoms with E-state index in [1.807, 2.05) is 36.4 Å². The van der Waals surface area contributed by atoms with Crippen LogP contribution in [0.25, 0.3) is 0 Å². The molecule has 118 valence electrons. The first kappa shape index (κ1) is 15.1. The van der Waals surface area contributed by atoms with Crippen LogP contribution < -0.4 is 10.1 Å². The third-order valence-corrected chi connectivity index (χ3v) is 3.56. The highest BCUT2D eigenvalue weighted by atomic mass is 16.5. The highest BCUT2D eigenvalue weighted by Gasteiger charge is 2.07. The highest BCUT2D eigenvalue weighted by molar-refractivity contribution is 5.47. The van der Waals surface area contributed by atoms with Gasteiger partial charge in [-0.05, 0) is 49.2 Å². The van der Waals surface area contributed by atoms with Crippen LogP contribution in [0.5, 0.6) is 5.75 Å². The Morgan fingerprint density at radius 1 is 0.957 bits per heavy atom. The van der Waals surface area contributed by atoms with E-state index in [0.29, 0.717) is 18.3 Å². The van der Waals surface area contributed by atoms with Crippen molar-refractivity contribution in [2.24, 2.45) is 0 Å². The number of hydrogen-bond acceptors (Lipinski definition) is 5. The van der Waals surface area contributed by atoms with Gasteiger partial charge < -0.3 is 14.5 Å². The minimum absolute atomic E-state index is 0.265. The second-order valence-electron chi connectivity index (χ2n) is 5.34. The minimum atomic E-state index is 0.265. The number of ether oxygens (including phenoxy) is 1. The maximum Gasteiger partial charge on any atom is 0.253 e. The van der Waals surface area contributed by atoms with Crippen molar-refractivity contribution in [3.63, 3.8) is 0 Å². The predicted octanol–water partition coefficient (Wildman–Crippen LogP) is 3.88. The van der Waals surface area contributed by atoms with Crippen molar-refractivity contribution >= 4 is 5.69 Å². The SMILES string of the molecule is Cc1ccc(NCc2nnc(COc3ccccc3)o2)cc1C. The van der Waals surface area contributed by atoms with E-state index >= 15 is 0 Å². The lowest BCUT2D eigenvalue weighted by molar-refractivity contribution is 0.259. The van der Waals surface area contributed by atoms with Crippen molar-refractivity contribution in [3.05, 3.63) is 71.4 Å². The van der Waals surface area contributed by atoms with Gasteiger partial charge in [-0.1, -0.05) is 24.3 Å². The fourth-order valence-corrected chi connectivity index (χ4v) is 2.11. The van der Waals surface area contributed by atoms with Gasteiger partial charge in [-0.25, -0.2) is 0 Å². The largest absolute Gasteiger partial charge is 0.484 e. The van der Waals surface area contributed by atoms with Crippen LogP contribution >= 0.6 is 0 Å². The standard InChI is InChI=1S/C18H19N3O2/c1-13-8-9-15(10-14(13)2)19-11-17-20-21-18(23-17)12-22-16-6-4-3-5-7-16/h3-10,19H,11-12H2,1-2H3. The van der Waals surface area contributed by atoms with Gasteiger partial charge in [0.25, 0.3) is 5.89 Å². The summed E-state index contributed by atoms with van der Waals surface area (Å²) in [6, 6.07) is 15.8. The molecule has 0 aliphatic carbocycles. The molecule has 0 atom stereocenters. The van der Waals surface area contributed by atoms with Gasteiger partial charge >= 0.3 is 0 Å². The Morgan fingerprint density at radius 3 is 2.52 bits per heavy atom. The molecule has 0 aliphatic rings. The van der Waals surface area contributed by atoms with Gasteiger partial charge in [-0.3, -0.25) is 0 Å². The summed E-state index contributed by atoms with van der Waals surface area (Å²) in [6.07, 6.45) is 0. The van der Waals surface area contributed by atoms with E-state index in [9.17, 15) is 0 Å². The summed E-state index contributed by atoms with van der Waals surface area (Å²) in [5, 5.41) is 11.3. The van der Waals surface area contributed by atoms with E-state index < -0.39 is 0 Å². The molecule has 1 heterocycles. The first-order valence-corrected chi connectivity index (χ1v) is 7.51. The van der Waals surface area contributed by atoms with Crippen molar-refractivity contribution in [1.82, 2.24) is 10.2 Å². The van der Waals surface area contributed by atoms with Crippen LogP contribution in [0.4, 0.5) is 5.69 Å². The third kappa shape index (κ3) is 4.10. The van der Waals surface area contributed by atoms with Gasteiger partial charge in [0.15, 0.2) is 6.61 Å². The minimum Gasteiger partial charge on any atom is -0.484 e. The Labute approximate surface area is 135 Å². The number of nitrogens with one attached hydrogen (secondary N) is 1. The molecular formula is C18H19N3O2. The van der Waals surface area contributed by atoms with Crippen LogP contribution in [0.1, 0.15) is 22.9 Å². The lowest BCUT2D eigenvalue weighted by atomic mass is 10.1. The summed E-state index contributed by atoms with van der Waals surface area (Å²) < 4.78 is 11.2. The zero-order chi connectivity index (χ0) is 16.1. The summed E-state index contributed by atoms with van der Waals surface area (Å²) in [7, 11) is 0. The molecule has 1 N–H and O–H groups in total. The smallest absolute Gasteiger partial charge is 0.253 e. The molecule has 5 heteroatoms. The second-order valence-corrected chi connectivity index (χ2v) is 5.34. The van der Waals surface area contributed by atoms with E-state index in [1.54, 1.807) is 0 Å². The van der Waals surface area contributed by atoms with Gasteiger partial charge in [0.05, 0.1) is 6.54 Å². The molecule has 3 aromatic rings. The van der Waals surface area contributed by atoms with Crippen molar-refractivity contribution in [2.45, 2.75) is 27.0 Å². The molecule has 5 nitrogen and oxygen atoms in total. The van der Waals surface area contributed by atoms with Crippen molar-refractivity contribution in [1.29, 1.82) is 0 Å². The maximum atomic E-state index is 5.58. The number of aryl methyl sites for hydroxylation is 2. The molecule has 0 radical (unpaired) electrons. The Bertz CT molecular complexity index is 769. The average molecular weight is 309 g/mol. The fourth-order valence-electron chi connectivity index (χ4n) is 2.11. The van der Waals surface area contributed by atoms with Gasteiger partial charge in [-0.2, -0.15) is 0 Å². The van der Waals surface area contributed by atoms with Crippen molar-refractivity contribution in [3.8, 4) is 5.75 Å². The quantitative estimate of drug-likeness (QED) is 0.749. The molecule has 0 bridgehead atoms. The monoisotopic (exact) mass is 309 g/mol. The summed E-state index contributed by atoms with van der Waals surface area (Å²) in [5.41, 5.74) is 3.56. The number of para-hydroxylation sites is 1. The summed E-state index contributed by atoms with van der Waals surface area (Å²) in [5.74, 6) is 1.78. The first-order chi connectivity index (χ1) is 11.2. The number of benzene rings is 2. The normalized spacial score (nSPS) is 10.5. The van der Waals surface area contributed by atoms with Crippen molar-refractivity contribution < 1.29 is 9.15 Å². The van der Waals surface area contributed by atoms with Crippen LogP contribution in [0, 0.1) is 13.8 Å². The maximum absolute atomic E-state index is 5.58. The van der Waals surface area contributed by atoms with Crippen LogP contribution in [0.2, 0.25) is 0 Å². The number of anilines is 1. The molecule has 0 amide bonds. The van der Waals surface area contributed by atoms with Crippen LogP contribution in [-0.4, -0.2) is 10.2 Å². The van der Waals surface area contributed by atoms with Crippen LogP contribution in [0.3, 0.4) is 0 Å². The zero-order valence-corrected chi connectivity index (χ0v) is 13.2. The summed E-state index contributed by atoms with van der Waals surface area (Å²) in [6.45, 7) is 4.93. The van der Waals surface area contributed by atoms with Gasteiger partial charge in [0.1, 0.15) is 5.75 Å². The summed E-state index contributed by atoms with van der Waals surface area (Å²) >= 11 is 0. The predicted molar refractivity (Wildman–Crippen MR) is 88.3 cm³/mol. The zero-order valence-electron chi connectivity index (χ0n) is 13.2. The topological polar surface area (TPSA) is 60.2 Å². The van der Waals surface area contributed by atoms with E-state index in [0.717, 1.165) is 11.4 Å². The number of rotatable bonds is 6. The average Bonchev–Trinajstić information content (AvgIpc) is 3.03. The van der Waals surface area contributed by atoms with Gasteiger partial charge in [-0.15, -0.1) is 10.2 Å². The highest BCUT2D eigenvalue weighted by Crippen LogP contribution is 2.15. The lowest BCUT2D eigenvalue weighted by Gasteiger charge is -2.06. The molecule has 0 saturated carbocycles. The number of hydrogen-bond donors (Lipinski definition) is 1. The fraction of sp³-hybridized carbons (Fsp3) is 0.222. The second kappa shape index (κ2) is 6.96. The molecule has 23 heavy (non-hydrogen) atoms. The van der Waals surface area contributed by atoms with E-state index in [1.165, 1.54) is 11.1 Å².